The lowest BCUT2D eigenvalue weighted by molar-refractivity contribution is 0.121. The maximum absolute atomic E-state index is 9.65. The van der Waals surface area contributed by atoms with Crippen LogP contribution in [-0.2, 0) is 0 Å². The van der Waals surface area contributed by atoms with Gasteiger partial charge in [-0.2, -0.15) is 0 Å². The van der Waals surface area contributed by atoms with E-state index in [2.05, 4.69) is 6.92 Å². The summed E-state index contributed by atoms with van der Waals surface area (Å²) >= 11 is 0. The number of phenolic OH excluding ortho intramolecular Hbond substituents is 1. The number of hydrogen-bond acceptors (Lipinski definition) is 2. The van der Waals surface area contributed by atoms with Crippen LogP contribution in [0, 0.1) is 12.8 Å². The summed E-state index contributed by atoms with van der Waals surface area (Å²) in [5, 5.41) is 9.65. The van der Waals surface area contributed by atoms with Crippen molar-refractivity contribution in [3.05, 3.63) is 23.8 Å². The molecule has 0 aliphatic heterocycles. The molecule has 1 saturated carbocycles. The van der Waals surface area contributed by atoms with Crippen LogP contribution < -0.4 is 4.74 Å². The van der Waals surface area contributed by atoms with Gasteiger partial charge in [-0.1, -0.05) is 25.8 Å². The van der Waals surface area contributed by atoms with Crippen molar-refractivity contribution in [2.24, 2.45) is 5.92 Å². The Balaban J connectivity index is 2.02. The van der Waals surface area contributed by atoms with Gasteiger partial charge in [-0.05, 0) is 44.2 Å². The molecule has 2 heteroatoms. The van der Waals surface area contributed by atoms with Crippen LogP contribution in [0.4, 0.5) is 0 Å². The van der Waals surface area contributed by atoms with Crippen LogP contribution in [0.3, 0.4) is 0 Å². The molecule has 1 aromatic rings. The van der Waals surface area contributed by atoms with Crippen molar-refractivity contribution < 1.29 is 9.84 Å². The summed E-state index contributed by atoms with van der Waals surface area (Å²) < 4.78 is 6.04. The lowest BCUT2D eigenvalue weighted by atomic mass is 9.85. The van der Waals surface area contributed by atoms with Gasteiger partial charge in [0.05, 0.1) is 6.10 Å². The third kappa shape index (κ3) is 2.93. The molecule has 0 spiro atoms. The van der Waals surface area contributed by atoms with Gasteiger partial charge in [-0.3, -0.25) is 0 Å². The van der Waals surface area contributed by atoms with Crippen molar-refractivity contribution in [1.82, 2.24) is 0 Å². The van der Waals surface area contributed by atoms with Crippen LogP contribution in [0.2, 0.25) is 0 Å². The molecule has 0 bridgehead atoms. The molecule has 1 N–H and O–H groups in total. The first-order valence-electron chi connectivity index (χ1n) is 6.66. The molecule has 2 unspecified atom stereocenters. The number of ether oxygens (including phenoxy) is 1. The highest BCUT2D eigenvalue weighted by Crippen LogP contribution is 2.32. The highest BCUT2D eigenvalue weighted by molar-refractivity contribution is 5.42. The molecule has 0 aromatic heterocycles. The first kappa shape index (κ1) is 12.3. The summed E-state index contributed by atoms with van der Waals surface area (Å²) in [6.45, 7) is 4.16. The normalized spacial score (nSPS) is 24.6. The van der Waals surface area contributed by atoms with E-state index in [1.165, 1.54) is 19.3 Å². The Morgan fingerprint density at radius 2 is 2.18 bits per heavy atom. The molecule has 2 nitrogen and oxygen atoms in total. The van der Waals surface area contributed by atoms with Gasteiger partial charge < -0.3 is 9.84 Å². The fourth-order valence-electron chi connectivity index (χ4n) is 2.63. The molecule has 94 valence electrons. The predicted octanol–water partition coefficient (Wildman–Crippen LogP) is 4.05. The zero-order valence-electron chi connectivity index (χ0n) is 10.8. The van der Waals surface area contributed by atoms with E-state index in [0.717, 1.165) is 30.1 Å². The Kier molecular flexibility index (Phi) is 3.93. The van der Waals surface area contributed by atoms with Crippen molar-refractivity contribution in [2.75, 3.05) is 0 Å². The molecular formula is C15H22O2. The summed E-state index contributed by atoms with van der Waals surface area (Å²) in [6, 6.07) is 5.50. The van der Waals surface area contributed by atoms with E-state index >= 15 is 0 Å². The largest absolute Gasteiger partial charge is 0.508 e. The van der Waals surface area contributed by atoms with Crippen LogP contribution in [0.5, 0.6) is 11.5 Å². The summed E-state index contributed by atoms with van der Waals surface area (Å²) in [5.41, 5.74) is 0.853. The van der Waals surface area contributed by atoms with Gasteiger partial charge in [0.25, 0.3) is 0 Å². The average molecular weight is 234 g/mol. The summed E-state index contributed by atoms with van der Waals surface area (Å²) in [7, 11) is 0. The molecule has 0 amide bonds. The number of phenols is 1. The first-order valence-corrected chi connectivity index (χ1v) is 6.66. The van der Waals surface area contributed by atoms with E-state index in [1.807, 2.05) is 19.1 Å². The molecule has 17 heavy (non-hydrogen) atoms. The van der Waals surface area contributed by atoms with E-state index in [4.69, 9.17) is 4.74 Å². The average Bonchev–Trinajstić information content (AvgIpc) is 2.35. The van der Waals surface area contributed by atoms with Gasteiger partial charge in [-0.25, -0.2) is 0 Å². The third-order valence-electron chi connectivity index (χ3n) is 3.86. The molecule has 2 rings (SSSR count). The number of benzene rings is 1. The topological polar surface area (TPSA) is 29.5 Å². The van der Waals surface area contributed by atoms with Crippen molar-refractivity contribution in [2.45, 2.75) is 52.1 Å². The molecule has 0 heterocycles. The molecule has 1 aromatic carbocycles. The SMILES string of the molecule is CCC1CCCC(Oc2cccc(O)c2C)C1. The van der Waals surface area contributed by atoms with Gasteiger partial charge in [0.1, 0.15) is 11.5 Å². The monoisotopic (exact) mass is 234 g/mol. The van der Waals surface area contributed by atoms with Crippen molar-refractivity contribution in [3.8, 4) is 11.5 Å². The standard InChI is InChI=1S/C15H22O2/c1-3-12-6-4-7-13(10-12)17-15-9-5-8-14(16)11(15)2/h5,8-9,12-13,16H,3-4,6-7,10H2,1-2H3. The summed E-state index contributed by atoms with van der Waals surface area (Å²) in [6.07, 6.45) is 6.49. The lowest BCUT2D eigenvalue weighted by Gasteiger charge is -2.29. The molecule has 1 aliphatic carbocycles. The summed E-state index contributed by atoms with van der Waals surface area (Å²) in [5.74, 6) is 1.98. The van der Waals surface area contributed by atoms with Gasteiger partial charge in [-0.15, -0.1) is 0 Å². The predicted molar refractivity (Wildman–Crippen MR) is 69.5 cm³/mol. The zero-order chi connectivity index (χ0) is 12.3. The van der Waals surface area contributed by atoms with E-state index in [1.54, 1.807) is 6.07 Å². The second-order valence-electron chi connectivity index (χ2n) is 5.08. The minimum Gasteiger partial charge on any atom is -0.508 e. The Labute approximate surface area is 104 Å². The van der Waals surface area contributed by atoms with Crippen molar-refractivity contribution in [3.63, 3.8) is 0 Å². The Morgan fingerprint density at radius 1 is 1.35 bits per heavy atom. The quantitative estimate of drug-likeness (QED) is 0.855. The second-order valence-corrected chi connectivity index (χ2v) is 5.08. The maximum atomic E-state index is 9.65. The van der Waals surface area contributed by atoms with Crippen LogP contribution in [0.15, 0.2) is 18.2 Å². The molecule has 1 fully saturated rings. The van der Waals surface area contributed by atoms with E-state index in [9.17, 15) is 5.11 Å². The van der Waals surface area contributed by atoms with Crippen LogP contribution in [0.1, 0.15) is 44.6 Å². The molecule has 1 aliphatic rings. The summed E-state index contributed by atoms with van der Waals surface area (Å²) in [4.78, 5) is 0. The fraction of sp³-hybridized carbons (Fsp3) is 0.600. The third-order valence-corrected chi connectivity index (χ3v) is 3.86. The van der Waals surface area contributed by atoms with Gasteiger partial charge >= 0.3 is 0 Å². The van der Waals surface area contributed by atoms with Gasteiger partial charge in [0, 0.05) is 5.56 Å². The molecule has 2 atom stereocenters. The van der Waals surface area contributed by atoms with E-state index < -0.39 is 0 Å². The zero-order valence-corrected chi connectivity index (χ0v) is 10.8. The Morgan fingerprint density at radius 3 is 2.94 bits per heavy atom. The van der Waals surface area contributed by atoms with Crippen molar-refractivity contribution in [1.29, 1.82) is 0 Å². The molecular weight excluding hydrogens is 212 g/mol. The fourth-order valence-corrected chi connectivity index (χ4v) is 2.63. The highest BCUT2D eigenvalue weighted by atomic mass is 16.5. The van der Waals surface area contributed by atoms with Crippen LogP contribution in [0.25, 0.3) is 0 Å². The minimum atomic E-state index is 0.324. The number of hydrogen-bond donors (Lipinski definition) is 1. The number of aromatic hydroxyl groups is 1. The van der Waals surface area contributed by atoms with E-state index in [-0.39, 0.29) is 0 Å². The van der Waals surface area contributed by atoms with Gasteiger partial charge in [0.2, 0.25) is 0 Å². The number of rotatable bonds is 3. The smallest absolute Gasteiger partial charge is 0.126 e. The van der Waals surface area contributed by atoms with Crippen molar-refractivity contribution >= 4 is 0 Å². The van der Waals surface area contributed by atoms with Gasteiger partial charge in [0.15, 0.2) is 0 Å². The lowest BCUT2D eigenvalue weighted by Crippen LogP contribution is -2.25. The van der Waals surface area contributed by atoms with Crippen LogP contribution >= 0.6 is 0 Å². The maximum Gasteiger partial charge on any atom is 0.126 e. The van der Waals surface area contributed by atoms with Crippen LogP contribution in [-0.4, -0.2) is 11.2 Å². The minimum absolute atomic E-state index is 0.324. The molecule has 0 saturated heterocycles. The first-order chi connectivity index (χ1) is 8.20. The Hall–Kier alpha value is -1.18. The second kappa shape index (κ2) is 5.44. The van der Waals surface area contributed by atoms with E-state index in [0.29, 0.717) is 11.9 Å². The molecule has 0 radical (unpaired) electrons. The highest BCUT2D eigenvalue weighted by Gasteiger charge is 2.22. The Bertz CT molecular complexity index is 373.